The van der Waals surface area contributed by atoms with Crippen LogP contribution >= 0.6 is 0 Å². The van der Waals surface area contributed by atoms with E-state index in [0.717, 1.165) is 51.6 Å². The normalized spacial score (nSPS) is 46.0. The zero-order valence-electron chi connectivity index (χ0n) is 13.0. The average Bonchev–Trinajstić information content (AvgIpc) is 2.97. The molecule has 3 saturated heterocycles. The highest BCUT2D eigenvalue weighted by Gasteiger charge is 2.61. The molecule has 0 radical (unpaired) electrons. The number of rotatable bonds is 3. The van der Waals surface area contributed by atoms with Gasteiger partial charge in [0, 0.05) is 24.5 Å². The molecule has 4 atom stereocenters. The lowest BCUT2D eigenvalue weighted by Gasteiger charge is -2.48. The Morgan fingerprint density at radius 2 is 2.10 bits per heavy atom. The second-order valence-electron chi connectivity index (χ2n) is 7.40. The lowest BCUT2D eigenvalue weighted by Crippen LogP contribution is -2.58. The van der Waals surface area contributed by atoms with Crippen LogP contribution in [0, 0.1) is 5.41 Å². The summed E-state index contributed by atoms with van der Waals surface area (Å²) in [5.74, 6) is 0. The molecule has 4 nitrogen and oxygen atoms in total. The van der Waals surface area contributed by atoms with Crippen molar-refractivity contribution < 1.29 is 9.84 Å². The first-order valence-corrected chi connectivity index (χ1v) is 8.33. The summed E-state index contributed by atoms with van der Waals surface area (Å²) in [6.07, 6.45) is 6.51. The van der Waals surface area contributed by atoms with Gasteiger partial charge in [0.05, 0.1) is 17.8 Å². The van der Waals surface area contributed by atoms with Crippen molar-refractivity contribution in [2.45, 2.75) is 76.2 Å². The van der Waals surface area contributed by atoms with Gasteiger partial charge in [-0.1, -0.05) is 0 Å². The first kappa shape index (κ1) is 14.8. The van der Waals surface area contributed by atoms with E-state index >= 15 is 0 Å². The Hall–Kier alpha value is -0.160. The molecule has 3 aliphatic heterocycles. The van der Waals surface area contributed by atoms with Crippen molar-refractivity contribution in [1.82, 2.24) is 4.90 Å². The molecule has 3 heterocycles. The Morgan fingerprint density at radius 3 is 2.65 bits per heavy atom. The first-order chi connectivity index (χ1) is 9.51. The second-order valence-corrected chi connectivity index (χ2v) is 7.40. The Bertz CT molecular complexity index is 362. The molecular weight excluding hydrogens is 252 g/mol. The minimum absolute atomic E-state index is 0.188. The molecule has 3 aliphatic rings. The summed E-state index contributed by atoms with van der Waals surface area (Å²) in [6, 6.07) is 0.558. The lowest BCUT2D eigenvalue weighted by atomic mass is 9.60. The van der Waals surface area contributed by atoms with Gasteiger partial charge in [-0.2, -0.15) is 0 Å². The van der Waals surface area contributed by atoms with Gasteiger partial charge in [-0.25, -0.2) is 0 Å². The van der Waals surface area contributed by atoms with Crippen LogP contribution in [0.3, 0.4) is 0 Å². The van der Waals surface area contributed by atoms with Crippen LogP contribution in [-0.4, -0.2) is 53.5 Å². The zero-order chi connectivity index (χ0) is 14.4. The van der Waals surface area contributed by atoms with Crippen LogP contribution < -0.4 is 5.73 Å². The molecule has 3 fully saturated rings. The highest BCUT2D eigenvalue weighted by Crippen LogP contribution is 2.55. The van der Waals surface area contributed by atoms with Crippen LogP contribution in [0.2, 0.25) is 0 Å². The van der Waals surface area contributed by atoms with Crippen molar-refractivity contribution in [3.63, 3.8) is 0 Å². The summed E-state index contributed by atoms with van der Waals surface area (Å²) in [6.45, 7) is 7.11. The fourth-order valence-electron chi connectivity index (χ4n) is 4.85. The summed E-state index contributed by atoms with van der Waals surface area (Å²) in [4.78, 5) is 2.48. The van der Waals surface area contributed by atoms with Crippen LogP contribution in [-0.2, 0) is 4.74 Å². The van der Waals surface area contributed by atoms with Gasteiger partial charge in [-0.15, -0.1) is 0 Å². The van der Waals surface area contributed by atoms with Gasteiger partial charge in [0.15, 0.2) is 0 Å². The maximum atomic E-state index is 11.4. The van der Waals surface area contributed by atoms with Gasteiger partial charge in [-0.3, -0.25) is 0 Å². The Balaban J connectivity index is 1.80. The largest absolute Gasteiger partial charge is 0.389 e. The average molecular weight is 282 g/mol. The maximum absolute atomic E-state index is 11.4. The van der Waals surface area contributed by atoms with Crippen molar-refractivity contribution in [2.75, 3.05) is 19.6 Å². The van der Waals surface area contributed by atoms with Crippen molar-refractivity contribution in [2.24, 2.45) is 11.1 Å². The molecule has 0 aromatic carbocycles. The van der Waals surface area contributed by atoms with Crippen molar-refractivity contribution in [1.29, 1.82) is 0 Å². The predicted molar refractivity (Wildman–Crippen MR) is 79.5 cm³/mol. The molecule has 116 valence electrons. The molecule has 0 amide bonds. The summed E-state index contributed by atoms with van der Waals surface area (Å²) in [7, 11) is 0. The number of fused-ring (bicyclic) bond motifs is 2. The molecule has 2 bridgehead atoms. The van der Waals surface area contributed by atoms with Crippen molar-refractivity contribution in [3.8, 4) is 0 Å². The molecule has 20 heavy (non-hydrogen) atoms. The lowest BCUT2D eigenvalue weighted by molar-refractivity contribution is -0.119. The van der Waals surface area contributed by atoms with Gasteiger partial charge < -0.3 is 20.5 Å². The molecule has 0 aromatic rings. The van der Waals surface area contributed by atoms with E-state index < -0.39 is 5.60 Å². The molecule has 0 aromatic heterocycles. The summed E-state index contributed by atoms with van der Waals surface area (Å²) < 4.78 is 6.06. The van der Waals surface area contributed by atoms with Gasteiger partial charge >= 0.3 is 0 Å². The summed E-state index contributed by atoms with van der Waals surface area (Å²) in [5, 5.41) is 11.4. The SMILES string of the molecule is CC(C)N1CCCC(O)(C2(CN)CC3CCC2O3)CC1. The third-order valence-electron chi connectivity index (χ3n) is 6.19. The fourth-order valence-corrected chi connectivity index (χ4v) is 4.85. The number of hydrogen-bond acceptors (Lipinski definition) is 4. The quantitative estimate of drug-likeness (QED) is 0.824. The highest BCUT2D eigenvalue weighted by molar-refractivity contribution is 5.12. The van der Waals surface area contributed by atoms with E-state index in [2.05, 4.69) is 18.7 Å². The number of aliphatic hydroxyl groups is 1. The molecule has 0 aliphatic carbocycles. The van der Waals surface area contributed by atoms with Gasteiger partial charge in [0.1, 0.15) is 0 Å². The zero-order valence-corrected chi connectivity index (χ0v) is 13.0. The molecule has 0 saturated carbocycles. The second kappa shape index (κ2) is 5.24. The van der Waals surface area contributed by atoms with E-state index in [0.29, 0.717) is 18.7 Å². The number of nitrogens with two attached hydrogens (primary N) is 1. The highest BCUT2D eigenvalue weighted by atomic mass is 16.5. The predicted octanol–water partition coefficient (Wildman–Crippen LogP) is 1.51. The Labute approximate surface area is 122 Å². The van der Waals surface area contributed by atoms with Gasteiger partial charge in [-0.05, 0) is 58.9 Å². The summed E-state index contributed by atoms with van der Waals surface area (Å²) >= 11 is 0. The monoisotopic (exact) mass is 282 g/mol. The molecule has 3 N–H and O–H groups in total. The van der Waals surface area contributed by atoms with Crippen molar-refractivity contribution in [3.05, 3.63) is 0 Å². The number of ether oxygens (including phenoxy) is 1. The number of hydrogen-bond donors (Lipinski definition) is 2. The number of likely N-dealkylation sites (tertiary alicyclic amines) is 1. The van der Waals surface area contributed by atoms with Crippen LogP contribution in [0.25, 0.3) is 0 Å². The van der Waals surface area contributed by atoms with E-state index in [1.807, 2.05) is 0 Å². The van der Waals surface area contributed by atoms with Crippen LogP contribution in [0.15, 0.2) is 0 Å². The molecule has 4 unspecified atom stereocenters. The van der Waals surface area contributed by atoms with Crippen LogP contribution in [0.1, 0.15) is 52.4 Å². The van der Waals surface area contributed by atoms with Crippen molar-refractivity contribution >= 4 is 0 Å². The minimum Gasteiger partial charge on any atom is -0.389 e. The van der Waals surface area contributed by atoms with Gasteiger partial charge in [0.25, 0.3) is 0 Å². The standard InChI is InChI=1S/C16H30N2O2/c1-12(2)18-8-3-6-16(19,7-9-18)15(11-17)10-13-4-5-14(15)20-13/h12-14,19H,3-11,17H2,1-2H3. The molecule has 0 spiro atoms. The molecular formula is C16H30N2O2. The van der Waals surface area contributed by atoms with Crippen LogP contribution in [0.5, 0.6) is 0 Å². The van der Waals surface area contributed by atoms with E-state index in [-0.39, 0.29) is 11.5 Å². The third kappa shape index (κ3) is 2.12. The first-order valence-electron chi connectivity index (χ1n) is 8.33. The molecule has 3 rings (SSSR count). The fraction of sp³-hybridized carbons (Fsp3) is 1.00. The molecule has 4 heteroatoms. The van der Waals surface area contributed by atoms with E-state index in [1.165, 1.54) is 0 Å². The van der Waals surface area contributed by atoms with E-state index in [1.54, 1.807) is 0 Å². The minimum atomic E-state index is -0.634. The number of nitrogens with zero attached hydrogens (tertiary/aromatic N) is 1. The summed E-state index contributed by atoms with van der Waals surface area (Å²) in [5.41, 5.74) is 5.34. The third-order valence-corrected chi connectivity index (χ3v) is 6.19. The topological polar surface area (TPSA) is 58.7 Å². The smallest absolute Gasteiger partial charge is 0.0754 e. The maximum Gasteiger partial charge on any atom is 0.0754 e. The van der Waals surface area contributed by atoms with Crippen LogP contribution in [0.4, 0.5) is 0 Å². The van der Waals surface area contributed by atoms with E-state index in [4.69, 9.17) is 10.5 Å². The Morgan fingerprint density at radius 1 is 1.30 bits per heavy atom. The van der Waals surface area contributed by atoms with Gasteiger partial charge in [0.2, 0.25) is 0 Å². The van der Waals surface area contributed by atoms with E-state index in [9.17, 15) is 5.11 Å². The Kier molecular flexibility index (Phi) is 3.87.